The first kappa shape index (κ1) is 14.0. The van der Waals surface area contributed by atoms with Crippen LogP contribution >= 0.6 is 11.3 Å². The summed E-state index contributed by atoms with van der Waals surface area (Å²) in [6.07, 6.45) is 1.70. The Bertz CT molecular complexity index is 1010. The van der Waals surface area contributed by atoms with Crippen LogP contribution in [-0.2, 0) is 13.2 Å². The van der Waals surface area contributed by atoms with Crippen LogP contribution in [0.15, 0.2) is 18.3 Å². The molecule has 0 spiro atoms. The van der Waals surface area contributed by atoms with Gasteiger partial charge in [0.05, 0.1) is 29.3 Å². The van der Waals surface area contributed by atoms with E-state index >= 15 is 0 Å². The predicted octanol–water partition coefficient (Wildman–Crippen LogP) is 1.20. The second-order valence-electron chi connectivity index (χ2n) is 5.05. The van der Waals surface area contributed by atoms with Crippen LogP contribution in [-0.4, -0.2) is 35.8 Å². The topological polar surface area (TPSA) is 134 Å². The monoisotopic (exact) mass is 328 g/mol. The van der Waals surface area contributed by atoms with Crippen molar-refractivity contribution >= 4 is 38.0 Å². The molecule has 0 atom stereocenters. The maximum atomic E-state index is 9.51. The number of pyridine rings is 1. The van der Waals surface area contributed by atoms with Crippen molar-refractivity contribution in [2.75, 3.05) is 5.73 Å². The van der Waals surface area contributed by atoms with Crippen LogP contribution in [0.5, 0.6) is 0 Å². The van der Waals surface area contributed by atoms with Crippen LogP contribution < -0.4 is 5.73 Å². The number of aromatic nitrogens is 5. The van der Waals surface area contributed by atoms with Crippen molar-refractivity contribution < 1.29 is 10.2 Å². The molecule has 0 amide bonds. The van der Waals surface area contributed by atoms with Crippen molar-refractivity contribution in [3.8, 4) is 10.7 Å². The highest BCUT2D eigenvalue weighted by Crippen LogP contribution is 2.42. The first-order valence-corrected chi connectivity index (χ1v) is 7.63. The molecule has 4 rings (SSSR count). The summed E-state index contributed by atoms with van der Waals surface area (Å²) < 4.78 is 0.943. The molecule has 5 N–H and O–H groups in total. The Morgan fingerprint density at radius 2 is 1.91 bits per heavy atom. The van der Waals surface area contributed by atoms with Gasteiger partial charge in [0.1, 0.15) is 0 Å². The zero-order valence-electron chi connectivity index (χ0n) is 11.8. The van der Waals surface area contributed by atoms with Crippen LogP contribution in [0.25, 0.3) is 31.7 Å². The van der Waals surface area contributed by atoms with E-state index < -0.39 is 0 Å². The van der Waals surface area contributed by atoms with E-state index in [-0.39, 0.29) is 13.2 Å². The maximum Gasteiger partial charge on any atom is 0.191 e. The van der Waals surface area contributed by atoms with Gasteiger partial charge in [-0.1, -0.05) is 0 Å². The lowest BCUT2D eigenvalue weighted by atomic mass is 10.0. The van der Waals surface area contributed by atoms with E-state index in [4.69, 9.17) is 5.73 Å². The number of tetrazole rings is 1. The van der Waals surface area contributed by atoms with Crippen molar-refractivity contribution in [3.63, 3.8) is 0 Å². The molecular weight excluding hydrogens is 316 g/mol. The van der Waals surface area contributed by atoms with E-state index in [1.807, 2.05) is 6.07 Å². The zero-order chi connectivity index (χ0) is 16.0. The molecule has 0 unspecified atom stereocenters. The van der Waals surface area contributed by atoms with E-state index in [2.05, 4.69) is 25.6 Å². The van der Waals surface area contributed by atoms with Crippen LogP contribution in [0.1, 0.15) is 11.1 Å². The number of aromatic amines is 1. The number of anilines is 1. The van der Waals surface area contributed by atoms with Gasteiger partial charge >= 0.3 is 0 Å². The fourth-order valence-electron chi connectivity index (χ4n) is 2.61. The SMILES string of the molecule is Nc1c(-c2nnn[nH]2)sc2c1cnc1cc(CO)c(CO)cc12. The van der Waals surface area contributed by atoms with Crippen molar-refractivity contribution in [2.45, 2.75) is 13.2 Å². The number of nitrogens with two attached hydrogens (primary N) is 1. The van der Waals surface area contributed by atoms with Gasteiger partial charge in [-0.05, 0) is 33.7 Å². The Balaban J connectivity index is 2.06. The van der Waals surface area contributed by atoms with Gasteiger partial charge in [0.25, 0.3) is 0 Å². The summed E-state index contributed by atoms with van der Waals surface area (Å²) in [5.41, 5.74) is 8.85. The van der Waals surface area contributed by atoms with Crippen LogP contribution in [0.3, 0.4) is 0 Å². The number of hydrogen-bond acceptors (Lipinski definition) is 8. The average Bonchev–Trinajstić information content (AvgIpc) is 3.21. The third-order valence-corrected chi connectivity index (χ3v) is 5.04. The Labute approximate surface area is 133 Å². The molecule has 0 bridgehead atoms. The van der Waals surface area contributed by atoms with Gasteiger partial charge in [0.15, 0.2) is 5.82 Å². The minimum Gasteiger partial charge on any atom is -0.397 e. The van der Waals surface area contributed by atoms with Crippen LogP contribution in [0.2, 0.25) is 0 Å². The number of nitrogens with one attached hydrogen (secondary N) is 1. The number of benzene rings is 1. The smallest absolute Gasteiger partial charge is 0.191 e. The number of rotatable bonds is 3. The Morgan fingerprint density at radius 1 is 1.13 bits per heavy atom. The van der Waals surface area contributed by atoms with Crippen molar-refractivity contribution in [1.82, 2.24) is 25.6 Å². The lowest BCUT2D eigenvalue weighted by Crippen LogP contribution is -1.95. The molecule has 0 saturated carbocycles. The fraction of sp³-hybridized carbons (Fsp3) is 0.143. The number of nitrogen functional groups attached to an aromatic ring is 1. The third-order valence-electron chi connectivity index (χ3n) is 3.78. The summed E-state index contributed by atoms with van der Waals surface area (Å²) >= 11 is 1.46. The Kier molecular flexibility index (Phi) is 3.18. The minimum atomic E-state index is -0.151. The Hall–Kier alpha value is -2.62. The molecule has 8 nitrogen and oxygen atoms in total. The molecule has 0 saturated heterocycles. The first-order valence-electron chi connectivity index (χ1n) is 6.81. The fourth-order valence-corrected chi connectivity index (χ4v) is 3.76. The molecule has 0 radical (unpaired) electrons. The van der Waals surface area contributed by atoms with Gasteiger partial charge in [-0.15, -0.1) is 16.4 Å². The minimum absolute atomic E-state index is 0.146. The number of fused-ring (bicyclic) bond motifs is 3. The molecule has 0 aliphatic carbocycles. The highest BCUT2D eigenvalue weighted by atomic mass is 32.1. The van der Waals surface area contributed by atoms with Gasteiger partial charge in [0, 0.05) is 21.7 Å². The highest BCUT2D eigenvalue weighted by Gasteiger charge is 2.17. The number of thiophene rings is 1. The van der Waals surface area contributed by atoms with Crippen molar-refractivity contribution in [1.29, 1.82) is 0 Å². The molecule has 4 aromatic rings. The van der Waals surface area contributed by atoms with E-state index in [1.165, 1.54) is 11.3 Å². The lowest BCUT2D eigenvalue weighted by Gasteiger charge is -2.07. The molecular formula is C14H12N6O2S. The molecule has 23 heavy (non-hydrogen) atoms. The standard InChI is InChI=1S/C14H12N6O2S/c15-11-9-3-16-10-2-7(5-22)6(4-21)1-8(10)12(9)23-13(11)14-17-19-20-18-14/h1-3,21-22H,4-5,15H2,(H,17,18,19,20). The molecule has 9 heteroatoms. The van der Waals surface area contributed by atoms with Crippen LogP contribution in [0.4, 0.5) is 5.69 Å². The largest absolute Gasteiger partial charge is 0.397 e. The van der Waals surface area contributed by atoms with Crippen molar-refractivity contribution in [2.24, 2.45) is 0 Å². The summed E-state index contributed by atoms with van der Waals surface area (Å²) in [7, 11) is 0. The van der Waals surface area contributed by atoms with E-state index in [0.717, 1.165) is 25.9 Å². The van der Waals surface area contributed by atoms with Gasteiger partial charge < -0.3 is 15.9 Å². The maximum absolute atomic E-state index is 9.51. The van der Waals surface area contributed by atoms with Crippen molar-refractivity contribution in [3.05, 3.63) is 29.5 Å². The Morgan fingerprint density at radius 3 is 2.61 bits per heavy atom. The second kappa shape index (κ2) is 5.23. The number of nitrogens with zero attached hydrogens (tertiary/aromatic N) is 4. The average molecular weight is 328 g/mol. The highest BCUT2D eigenvalue weighted by molar-refractivity contribution is 7.24. The molecule has 0 aliphatic rings. The summed E-state index contributed by atoms with van der Waals surface area (Å²) in [6, 6.07) is 3.63. The third kappa shape index (κ3) is 2.05. The lowest BCUT2D eigenvalue weighted by molar-refractivity contribution is 0.260. The van der Waals surface area contributed by atoms with E-state index in [9.17, 15) is 10.2 Å². The first-order chi connectivity index (χ1) is 11.2. The second-order valence-corrected chi connectivity index (χ2v) is 6.07. The molecule has 0 fully saturated rings. The quantitative estimate of drug-likeness (QED) is 0.444. The molecule has 3 aromatic heterocycles. The van der Waals surface area contributed by atoms with Gasteiger partial charge in [-0.2, -0.15) is 0 Å². The predicted molar refractivity (Wildman–Crippen MR) is 86.6 cm³/mol. The number of aliphatic hydroxyl groups excluding tert-OH is 2. The summed E-state index contributed by atoms with van der Waals surface area (Å²) in [5, 5.41) is 34.4. The van der Waals surface area contributed by atoms with Crippen LogP contribution in [0, 0.1) is 0 Å². The molecule has 116 valence electrons. The number of H-pyrrole nitrogens is 1. The van der Waals surface area contributed by atoms with E-state index in [0.29, 0.717) is 22.6 Å². The molecule has 1 aromatic carbocycles. The normalized spacial score (nSPS) is 11.6. The summed E-state index contributed by atoms with van der Waals surface area (Å²) in [4.78, 5) is 5.17. The molecule has 3 heterocycles. The van der Waals surface area contributed by atoms with Gasteiger partial charge in [0.2, 0.25) is 0 Å². The zero-order valence-corrected chi connectivity index (χ0v) is 12.6. The summed E-state index contributed by atoms with van der Waals surface area (Å²) in [5.74, 6) is 0.506. The van der Waals surface area contributed by atoms with Gasteiger partial charge in [-0.25, -0.2) is 5.10 Å². The number of hydrogen-bond donors (Lipinski definition) is 4. The van der Waals surface area contributed by atoms with Gasteiger partial charge in [-0.3, -0.25) is 4.98 Å². The molecule has 0 aliphatic heterocycles. The summed E-state index contributed by atoms with van der Waals surface area (Å²) in [6.45, 7) is -0.297. The number of aliphatic hydroxyl groups is 2. The van der Waals surface area contributed by atoms with E-state index in [1.54, 1.807) is 12.3 Å².